The molecule has 19 heavy (non-hydrogen) atoms. The molecule has 2 amide bonds. The zero-order valence-electron chi connectivity index (χ0n) is 11.5. The minimum atomic E-state index is -1.03. The smallest absolute Gasteiger partial charge is 0.310 e. The van der Waals surface area contributed by atoms with Gasteiger partial charge >= 0.3 is 5.97 Å². The third-order valence-corrected chi connectivity index (χ3v) is 3.69. The summed E-state index contributed by atoms with van der Waals surface area (Å²) in [5, 5.41) is 14.5. The van der Waals surface area contributed by atoms with E-state index in [0.717, 1.165) is 12.8 Å². The molecule has 0 spiro atoms. The van der Waals surface area contributed by atoms with E-state index in [-0.39, 0.29) is 24.9 Å². The highest BCUT2D eigenvalue weighted by Crippen LogP contribution is 2.30. The molecule has 1 fully saturated rings. The molecule has 1 saturated carbocycles. The van der Waals surface area contributed by atoms with Gasteiger partial charge in [-0.2, -0.15) is 0 Å². The summed E-state index contributed by atoms with van der Waals surface area (Å²) in [4.78, 5) is 34.4. The van der Waals surface area contributed by atoms with Gasteiger partial charge in [0.05, 0.1) is 12.0 Å². The largest absolute Gasteiger partial charge is 0.481 e. The van der Waals surface area contributed by atoms with Gasteiger partial charge in [0.1, 0.15) is 0 Å². The van der Waals surface area contributed by atoms with Crippen LogP contribution in [0.25, 0.3) is 0 Å². The minimum absolute atomic E-state index is 0.0849. The molecule has 3 N–H and O–H groups in total. The van der Waals surface area contributed by atoms with E-state index < -0.39 is 17.3 Å². The first-order valence-corrected chi connectivity index (χ1v) is 6.73. The number of carbonyl (C=O) groups is 3. The lowest BCUT2D eigenvalue weighted by molar-refractivity contribution is -0.152. The van der Waals surface area contributed by atoms with Crippen molar-refractivity contribution in [2.75, 3.05) is 6.54 Å². The van der Waals surface area contributed by atoms with Crippen molar-refractivity contribution in [2.45, 2.75) is 52.0 Å². The normalized spacial score (nSPS) is 14.8. The second kappa shape index (κ2) is 6.54. The van der Waals surface area contributed by atoms with Crippen molar-refractivity contribution in [2.24, 2.45) is 5.41 Å². The molecule has 6 heteroatoms. The predicted octanol–water partition coefficient (Wildman–Crippen LogP) is 0.662. The molecule has 0 aromatic rings. The first-order chi connectivity index (χ1) is 8.93. The van der Waals surface area contributed by atoms with Crippen molar-refractivity contribution >= 4 is 17.8 Å². The molecule has 0 unspecified atom stereocenters. The highest BCUT2D eigenvalue weighted by atomic mass is 16.4. The summed E-state index contributed by atoms with van der Waals surface area (Å²) in [5.74, 6) is -1.57. The molecule has 1 aliphatic rings. The zero-order chi connectivity index (χ0) is 14.5. The standard InChI is InChI=1S/C13H22N2O4/c1-3-13(4-2,12(18)19)7-10(16)14-8-11(17)15-9-5-6-9/h9H,3-8H2,1-2H3,(H,14,16)(H,15,17)(H,18,19). The van der Waals surface area contributed by atoms with Crippen LogP contribution in [0.4, 0.5) is 0 Å². The Labute approximate surface area is 112 Å². The number of carboxylic acids is 1. The Morgan fingerprint density at radius 1 is 1.16 bits per heavy atom. The highest BCUT2D eigenvalue weighted by Gasteiger charge is 2.37. The lowest BCUT2D eigenvalue weighted by atomic mass is 9.79. The summed E-state index contributed by atoms with van der Waals surface area (Å²) >= 11 is 0. The minimum Gasteiger partial charge on any atom is -0.481 e. The highest BCUT2D eigenvalue weighted by molar-refractivity contribution is 5.88. The number of hydrogen-bond donors (Lipinski definition) is 3. The Kier molecular flexibility index (Phi) is 5.32. The number of carboxylic acid groups (broad SMARTS) is 1. The van der Waals surface area contributed by atoms with Crippen LogP contribution < -0.4 is 10.6 Å². The first-order valence-electron chi connectivity index (χ1n) is 6.73. The summed E-state index contributed by atoms with van der Waals surface area (Å²) in [7, 11) is 0. The zero-order valence-corrected chi connectivity index (χ0v) is 11.5. The van der Waals surface area contributed by atoms with Gasteiger partial charge in [0.2, 0.25) is 11.8 Å². The van der Waals surface area contributed by atoms with Gasteiger partial charge in [0.25, 0.3) is 0 Å². The van der Waals surface area contributed by atoms with Gasteiger partial charge in [-0.25, -0.2) is 0 Å². The van der Waals surface area contributed by atoms with Crippen LogP contribution in [-0.2, 0) is 14.4 Å². The van der Waals surface area contributed by atoms with E-state index in [4.69, 9.17) is 0 Å². The Morgan fingerprint density at radius 2 is 1.74 bits per heavy atom. The molecule has 0 aliphatic heterocycles. The van der Waals surface area contributed by atoms with Gasteiger partial charge in [-0.1, -0.05) is 13.8 Å². The Balaban J connectivity index is 2.39. The van der Waals surface area contributed by atoms with Crippen molar-refractivity contribution in [3.8, 4) is 0 Å². The third-order valence-electron chi connectivity index (χ3n) is 3.69. The van der Waals surface area contributed by atoms with E-state index in [0.29, 0.717) is 12.8 Å². The second-order valence-corrected chi connectivity index (χ2v) is 5.09. The molecule has 1 aliphatic carbocycles. The Bertz CT molecular complexity index is 360. The van der Waals surface area contributed by atoms with Crippen molar-refractivity contribution in [1.29, 1.82) is 0 Å². The van der Waals surface area contributed by atoms with Gasteiger partial charge in [-0.3, -0.25) is 14.4 Å². The number of aliphatic carboxylic acids is 1. The molecule has 0 saturated heterocycles. The summed E-state index contributed by atoms with van der Waals surface area (Å²) < 4.78 is 0. The van der Waals surface area contributed by atoms with Crippen LogP contribution in [0, 0.1) is 5.41 Å². The lowest BCUT2D eigenvalue weighted by Crippen LogP contribution is -2.41. The van der Waals surface area contributed by atoms with Crippen LogP contribution in [-0.4, -0.2) is 35.5 Å². The molecule has 1 rings (SSSR count). The van der Waals surface area contributed by atoms with Gasteiger partial charge in [0.15, 0.2) is 0 Å². The fourth-order valence-corrected chi connectivity index (χ4v) is 1.93. The van der Waals surface area contributed by atoms with Crippen LogP contribution in [0.3, 0.4) is 0 Å². The molecule has 108 valence electrons. The number of hydrogen-bond acceptors (Lipinski definition) is 3. The maximum Gasteiger partial charge on any atom is 0.310 e. The number of nitrogens with one attached hydrogen (secondary N) is 2. The van der Waals surface area contributed by atoms with Crippen LogP contribution in [0.15, 0.2) is 0 Å². The summed E-state index contributed by atoms with van der Waals surface area (Å²) in [6.07, 6.45) is 2.67. The van der Waals surface area contributed by atoms with E-state index in [1.807, 2.05) is 0 Å². The lowest BCUT2D eigenvalue weighted by Gasteiger charge is -2.25. The Hall–Kier alpha value is -1.59. The van der Waals surface area contributed by atoms with Crippen molar-refractivity contribution < 1.29 is 19.5 Å². The van der Waals surface area contributed by atoms with E-state index in [1.165, 1.54) is 0 Å². The van der Waals surface area contributed by atoms with Crippen LogP contribution >= 0.6 is 0 Å². The van der Waals surface area contributed by atoms with Gasteiger partial charge in [-0.15, -0.1) is 0 Å². The molecule has 0 radical (unpaired) electrons. The van der Waals surface area contributed by atoms with Crippen LogP contribution in [0.1, 0.15) is 46.0 Å². The van der Waals surface area contributed by atoms with E-state index in [2.05, 4.69) is 10.6 Å². The van der Waals surface area contributed by atoms with Gasteiger partial charge in [-0.05, 0) is 25.7 Å². The average Bonchev–Trinajstić information content (AvgIpc) is 3.17. The average molecular weight is 270 g/mol. The fraction of sp³-hybridized carbons (Fsp3) is 0.769. The van der Waals surface area contributed by atoms with Gasteiger partial charge < -0.3 is 15.7 Å². The quantitative estimate of drug-likeness (QED) is 0.604. The van der Waals surface area contributed by atoms with Crippen molar-refractivity contribution in [3.63, 3.8) is 0 Å². The maximum atomic E-state index is 11.7. The first kappa shape index (κ1) is 15.5. The molecule has 0 atom stereocenters. The monoisotopic (exact) mass is 270 g/mol. The van der Waals surface area contributed by atoms with Crippen molar-refractivity contribution in [3.05, 3.63) is 0 Å². The summed E-state index contributed by atoms with van der Waals surface area (Å²) in [6.45, 7) is 3.42. The molecule has 0 heterocycles. The second-order valence-electron chi connectivity index (χ2n) is 5.09. The molecular formula is C13H22N2O4. The van der Waals surface area contributed by atoms with E-state index in [9.17, 15) is 19.5 Å². The van der Waals surface area contributed by atoms with E-state index >= 15 is 0 Å². The van der Waals surface area contributed by atoms with Crippen molar-refractivity contribution in [1.82, 2.24) is 10.6 Å². The fourth-order valence-electron chi connectivity index (χ4n) is 1.93. The number of carbonyl (C=O) groups excluding carboxylic acids is 2. The van der Waals surface area contributed by atoms with E-state index in [1.54, 1.807) is 13.8 Å². The number of rotatable bonds is 8. The summed E-state index contributed by atoms with van der Waals surface area (Å²) in [6, 6.07) is 0.258. The molecule has 0 aromatic heterocycles. The molecular weight excluding hydrogens is 248 g/mol. The topological polar surface area (TPSA) is 95.5 Å². The van der Waals surface area contributed by atoms with Gasteiger partial charge in [0, 0.05) is 12.5 Å². The number of amides is 2. The SMILES string of the molecule is CCC(CC)(CC(=O)NCC(=O)NC1CC1)C(=O)O. The molecule has 6 nitrogen and oxygen atoms in total. The maximum absolute atomic E-state index is 11.7. The summed E-state index contributed by atoms with van der Waals surface area (Å²) in [5.41, 5.74) is -1.03. The van der Waals surface area contributed by atoms with Crippen LogP contribution in [0.2, 0.25) is 0 Å². The third kappa shape index (κ3) is 4.54. The predicted molar refractivity (Wildman–Crippen MR) is 69.4 cm³/mol. The molecule has 0 aromatic carbocycles. The molecule has 0 bridgehead atoms. The van der Waals surface area contributed by atoms with Crippen LogP contribution in [0.5, 0.6) is 0 Å². The Morgan fingerprint density at radius 3 is 2.16 bits per heavy atom.